The van der Waals surface area contributed by atoms with Crippen LogP contribution in [0.4, 0.5) is 0 Å². The SMILES string of the molecule is CC1(C)c2ccccc2-c2cc(-c3c4ccccc4c(-c4ccncc4)c4ccc(-c5ccc6c(c5)C(C)(C)c5ccccc5-6)cc34)ccc21.CC1(C)c2ccccc2-c2cc(-c3c4ccccc4c(-c4ccncn4)c4ccc(-c5ccc6c(c5)C(C)(C)c5ccccc5-6)cc34)ccc21.CC1(C)c2ccccc2-c2cc(-c3c4ccccc4c(-c4ncncn4)c4ccc(-c5ccc6c(c5)C(C)(C)c5ccccc5-6)cc34)ccc21. The van der Waals surface area contributed by atoms with Crippen molar-refractivity contribution in [2.75, 3.05) is 0 Å². The Morgan fingerprint density at radius 1 is 0.140 bits per heavy atom. The van der Waals surface area contributed by atoms with Crippen LogP contribution in [0.2, 0.25) is 0 Å². The van der Waals surface area contributed by atoms with Crippen molar-refractivity contribution >= 4 is 64.6 Å². The minimum absolute atomic E-state index is 0.0338. The van der Waals surface area contributed by atoms with Crippen molar-refractivity contribution in [3.8, 4) is 167 Å². The second kappa shape index (κ2) is 33.5. The molecule has 0 aliphatic heterocycles. The molecule has 0 N–H and O–H groups in total. The summed E-state index contributed by atoms with van der Waals surface area (Å²) in [5.74, 6) is 0.683. The Labute approximate surface area is 875 Å². The highest BCUT2D eigenvalue weighted by Gasteiger charge is 2.43. The number of fused-ring (bicyclic) bond motifs is 24. The topological polar surface area (TPSA) is 77.3 Å². The van der Waals surface area contributed by atoms with Crippen LogP contribution in [-0.2, 0) is 32.5 Å². The van der Waals surface area contributed by atoms with Crippen LogP contribution in [0.15, 0.2) is 438 Å². The average molecular weight is 1920 g/mol. The first kappa shape index (κ1) is 90.0. The molecule has 6 aliphatic carbocycles. The van der Waals surface area contributed by atoms with E-state index >= 15 is 0 Å². The molecule has 0 amide bonds. The Bertz CT molecular complexity index is 8990. The van der Waals surface area contributed by atoms with Crippen LogP contribution in [0.25, 0.3) is 232 Å². The maximum Gasteiger partial charge on any atom is 0.163 e. The molecule has 150 heavy (non-hydrogen) atoms. The average Bonchev–Trinajstić information content (AvgIpc) is 1.60. The smallest absolute Gasteiger partial charge is 0.163 e. The molecule has 0 fully saturated rings. The van der Waals surface area contributed by atoms with Crippen LogP contribution in [0.5, 0.6) is 0 Å². The Hall–Kier alpha value is -17.6. The first-order valence-corrected chi connectivity index (χ1v) is 52.7. The van der Waals surface area contributed by atoms with Crippen LogP contribution in [-0.4, -0.2) is 29.9 Å². The fraction of sp³-hybridized carbons (Fsp3) is 0.125. The molecule has 0 atom stereocenters. The van der Waals surface area contributed by atoms with Gasteiger partial charge in [0.2, 0.25) is 0 Å². The van der Waals surface area contributed by atoms with Crippen LogP contribution in [0, 0.1) is 0 Å². The van der Waals surface area contributed by atoms with Crippen molar-refractivity contribution in [1.29, 1.82) is 0 Å². The van der Waals surface area contributed by atoms with E-state index in [2.05, 4.69) is 502 Å². The van der Waals surface area contributed by atoms with Gasteiger partial charge < -0.3 is 0 Å². The summed E-state index contributed by atoms with van der Waals surface area (Å²) < 4.78 is 0. The Morgan fingerprint density at radius 3 is 0.707 bits per heavy atom. The third kappa shape index (κ3) is 13.5. The second-order valence-electron chi connectivity index (χ2n) is 45.0. The van der Waals surface area contributed by atoms with Crippen LogP contribution in [0.3, 0.4) is 0 Å². The summed E-state index contributed by atoms with van der Waals surface area (Å²) in [6, 6.07) is 150. The number of hydrogen-bond donors (Lipinski definition) is 0. The lowest BCUT2D eigenvalue weighted by atomic mass is 9.80. The molecule has 714 valence electrons. The predicted molar refractivity (Wildman–Crippen MR) is 625 cm³/mol. The second-order valence-corrected chi connectivity index (χ2v) is 45.0. The van der Waals surface area contributed by atoms with Crippen molar-refractivity contribution in [2.45, 2.75) is 116 Å². The van der Waals surface area contributed by atoms with E-state index in [9.17, 15) is 0 Å². The van der Waals surface area contributed by atoms with Crippen LogP contribution in [0.1, 0.15) is 150 Å². The van der Waals surface area contributed by atoms with Gasteiger partial charge in [-0.1, -0.05) is 411 Å². The van der Waals surface area contributed by atoms with Crippen LogP contribution < -0.4 is 0 Å². The van der Waals surface area contributed by atoms with Gasteiger partial charge in [0.05, 0.1) is 5.69 Å². The summed E-state index contributed by atoms with van der Waals surface area (Å²) in [7, 11) is 0. The van der Waals surface area contributed by atoms with Gasteiger partial charge in [-0.25, -0.2) is 24.9 Å². The fourth-order valence-electron chi connectivity index (χ4n) is 27.4. The summed E-state index contributed by atoms with van der Waals surface area (Å²) in [5, 5.41) is 14.5. The quantitative estimate of drug-likeness (QED) is 0.134. The van der Waals surface area contributed by atoms with Crippen molar-refractivity contribution < 1.29 is 0 Å². The predicted octanol–water partition coefficient (Wildman–Crippen LogP) is 37.2. The molecule has 0 spiro atoms. The summed E-state index contributed by atoms with van der Waals surface area (Å²) >= 11 is 0. The summed E-state index contributed by atoms with van der Waals surface area (Å²) in [6.07, 6.45) is 10.5. The number of pyridine rings is 1. The van der Waals surface area contributed by atoms with Gasteiger partial charge in [0.25, 0.3) is 0 Å². The summed E-state index contributed by atoms with van der Waals surface area (Å²) in [5.41, 5.74) is 52.8. The van der Waals surface area contributed by atoms with Gasteiger partial charge in [-0.05, 0) is 349 Å². The molecule has 0 bridgehead atoms. The summed E-state index contributed by atoms with van der Waals surface area (Å²) in [4.78, 5) is 26.9. The zero-order valence-electron chi connectivity index (χ0n) is 86.3. The van der Waals surface area contributed by atoms with E-state index in [1.807, 2.05) is 24.7 Å². The van der Waals surface area contributed by atoms with Crippen molar-refractivity contribution in [2.24, 2.45) is 0 Å². The molecule has 0 unspecified atom stereocenters. The molecule has 6 aliphatic rings. The maximum absolute atomic E-state index is 4.78. The normalized spacial score (nSPS) is 14.7. The van der Waals surface area contributed by atoms with Crippen LogP contribution >= 0.6 is 0 Å². The number of aromatic nitrogens is 6. The van der Waals surface area contributed by atoms with Gasteiger partial charge in [-0.15, -0.1) is 0 Å². The molecule has 0 saturated heterocycles. The highest BCUT2D eigenvalue weighted by molar-refractivity contribution is 6.25. The lowest BCUT2D eigenvalue weighted by molar-refractivity contribution is 0.660. The molecule has 6 heteroatoms. The number of nitrogens with zero attached hydrogens (tertiary/aromatic N) is 6. The number of benzene rings is 21. The highest BCUT2D eigenvalue weighted by Crippen LogP contribution is 2.60. The zero-order chi connectivity index (χ0) is 101. The number of rotatable bonds is 9. The Morgan fingerprint density at radius 2 is 0.373 bits per heavy atom. The van der Waals surface area contributed by atoms with Crippen molar-refractivity contribution in [3.63, 3.8) is 0 Å². The lowest BCUT2D eigenvalue weighted by Gasteiger charge is -2.23. The molecule has 24 aromatic rings. The highest BCUT2D eigenvalue weighted by atomic mass is 15.0. The van der Waals surface area contributed by atoms with Gasteiger partial charge in [0.15, 0.2) is 5.82 Å². The van der Waals surface area contributed by atoms with E-state index in [1.165, 1.54) is 265 Å². The largest absolute Gasteiger partial charge is 0.265 e. The molecule has 3 aromatic heterocycles. The Kier molecular flexibility index (Phi) is 20.1. The molecule has 0 saturated carbocycles. The van der Waals surface area contributed by atoms with Gasteiger partial charge in [0.1, 0.15) is 19.0 Å². The fourth-order valence-corrected chi connectivity index (χ4v) is 27.4. The number of hydrogen-bond acceptors (Lipinski definition) is 6. The minimum atomic E-state index is -0.0690. The molecule has 6 nitrogen and oxygen atoms in total. The monoisotopic (exact) mass is 1920 g/mol. The minimum Gasteiger partial charge on any atom is -0.265 e. The van der Waals surface area contributed by atoms with E-state index < -0.39 is 0 Å². The first-order chi connectivity index (χ1) is 73.0. The lowest BCUT2D eigenvalue weighted by Crippen LogP contribution is -2.14. The molecule has 3 heterocycles. The zero-order valence-corrected chi connectivity index (χ0v) is 86.3. The van der Waals surface area contributed by atoms with E-state index in [-0.39, 0.29) is 32.5 Å². The first-order valence-electron chi connectivity index (χ1n) is 52.7. The van der Waals surface area contributed by atoms with Gasteiger partial charge >= 0.3 is 0 Å². The van der Waals surface area contributed by atoms with Crippen molar-refractivity contribution in [1.82, 2.24) is 29.9 Å². The van der Waals surface area contributed by atoms with Crippen molar-refractivity contribution in [3.05, 3.63) is 505 Å². The molecular weight excluding hydrogens is 1810 g/mol. The molecule has 21 aromatic carbocycles. The molecular formula is C144H108N6. The van der Waals surface area contributed by atoms with Gasteiger partial charge in [-0.3, -0.25) is 4.98 Å². The Balaban J connectivity index is 0.000000108. The van der Waals surface area contributed by atoms with E-state index in [0.29, 0.717) is 5.82 Å². The van der Waals surface area contributed by atoms with Gasteiger partial charge in [-0.2, -0.15) is 0 Å². The van der Waals surface area contributed by atoms with Gasteiger partial charge in [0, 0.05) is 62.2 Å². The van der Waals surface area contributed by atoms with E-state index in [0.717, 1.165) is 27.6 Å². The maximum atomic E-state index is 4.78. The third-order valence-electron chi connectivity index (χ3n) is 35.0. The third-order valence-corrected chi connectivity index (χ3v) is 35.0. The van der Waals surface area contributed by atoms with E-state index in [1.54, 1.807) is 19.0 Å². The molecule has 30 rings (SSSR count). The molecule has 0 radical (unpaired) electrons. The standard InChI is InChI=1S/C49H37N.C48H36N2.C47H35N3/c1-48(2)43-16-10-8-12-35(43)40-28-33(19-22-44(40)48)47-38-14-6-5-13-37(38)46(30-23-25-50-26-24-30)39-21-18-31(27-41(39)47)32-17-20-36-34-11-7-9-15-42(34)49(3,4)45(36)29-32;1-47(2)41-16-10-8-12-33(41)38-26-31(19-22-42(38)47)45-35-13-5-6-14-36(35)46(44-23-24-49-28-50-44)37-21-18-29(25-39(37)45)30-17-20-34-32-11-7-9-15-40(32)48(3,4)43(34)27-30;1-46(2)40-16-10-8-12-32(40)37-24-30(19-22-41(37)46)43-34-13-5-6-14-35(34)44(45-49-26-48-27-50-45)36-21-18-28(23-38(36)43)29-17-20-33-31-11-7-9-15-39(31)47(3,4)42(33)25-29/h5-29H,1-4H3;5-28H,1-4H3;5-27H,1-4H3. The van der Waals surface area contributed by atoms with E-state index in [4.69, 9.17) is 4.98 Å². The summed E-state index contributed by atoms with van der Waals surface area (Å²) in [6.45, 7) is 28.2.